The minimum absolute atomic E-state index is 0.0238. The maximum absolute atomic E-state index is 12.0. The number of carbonyl (C=O) groups excluding carboxylic acids is 1. The summed E-state index contributed by atoms with van der Waals surface area (Å²) in [5, 5.41) is 12.2. The summed E-state index contributed by atoms with van der Waals surface area (Å²) in [6, 6.07) is 9.97. The Morgan fingerprint density at radius 1 is 1.45 bits per heavy atom. The first kappa shape index (κ1) is 16.3. The lowest BCUT2D eigenvalue weighted by atomic mass is 10.1. The van der Waals surface area contributed by atoms with Crippen LogP contribution in [0.5, 0.6) is 5.75 Å². The Balaban J connectivity index is 1.68. The van der Waals surface area contributed by atoms with Crippen LogP contribution in [0, 0.1) is 11.3 Å². The third-order valence-corrected chi connectivity index (χ3v) is 3.82. The Hall–Kier alpha value is -2.06. The molecule has 1 aliphatic rings. The van der Waals surface area contributed by atoms with E-state index < -0.39 is 0 Å². The topological polar surface area (TPSA) is 65.4 Å². The summed E-state index contributed by atoms with van der Waals surface area (Å²) in [6.45, 7) is 4.38. The highest BCUT2D eigenvalue weighted by atomic mass is 16.5. The second-order valence-corrected chi connectivity index (χ2v) is 5.38. The van der Waals surface area contributed by atoms with Crippen molar-refractivity contribution in [2.24, 2.45) is 0 Å². The van der Waals surface area contributed by atoms with Gasteiger partial charge in [-0.3, -0.25) is 4.79 Å². The number of ether oxygens (including phenoxy) is 1. The van der Waals surface area contributed by atoms with Crippen LogP contribution >= 0.6 is 0 Å². The Bertz CT molecular complexity index is 522. The molecule has 0 radical (unpaired) electrons. The van der Waals surface area contributed by atoms with Crippen LogP contribution in [0.25, 0.3) is 0 Å². The monoisotopic (exact) mass is 301 g/mol. The van der Waals surface area contributed by atoms with Gasteiger partial charge in [0, 0.05) is 6.54 Å². The van der Waals surface area contributed by atoms with Crippen molar-refractivity contribution >= 4 is 5.91 Å². The summed E-state index contributed by atoms with van der Waals surface area (Å²) in [5.74, 6) is 0.904. The molecule has 0 aliphatic carbocycles. The third kappa shape index (κ3) is 4.47. The third-order valence-electron chi connectivity index (χ3n) is 3.82. The fourth-order valence-corrected chi connectivity index (χ4v) is 2.65. The summed E-state index contributed by atoms with van der Waals surface area (Å²) >= 11 is 0. The van der Waals surface area contributed by atoms with Crippen molar-refractivity contribution in [3.8, 4) is 11.8 Å². The summed E-state index contributed by atoms with van der Waals surface area (Å²) in [5.41, 5.74) is 1.21. The van der Waals surface area contributed by atoms with Crippen molar-refractivity contribution in [3.63, 3.8) is 0 Å². The molecule has 1 heterocycles. The molecule has 1 saturated heterocycles. The van der Waals surface area contributed by atoms with Crippen molar-refractivity contribution in [1.82, 2.24) is 10.2 Å². The van der Waals surface area contributed by atoms with Crippen LogP contribution in [0.3, 0.4) is 0 Å². The van der Waals surface area contributed by atoms with Crippen LogP contribution in [0.4, 0.5) is 0 Å². The first-order chi connectivity index (χ1) is 10.7. The van der Waals surface area contributed by atoms with E-state index in [9.17, 15) is 4.79 Å². The average Bonchev–Trinajstić information content (AvgIpc) is 3.02. The number of benzene rings is 1. The highest BCUT2D eigenvalue weighted by Crippen LogP contribution is 2.16. The SMILES string of the molecule is CCOc1ccc(CCNCC(=O)N2CCC[C@H]2C#N)cc1. The predicted octanol–water partition coefficient (Wildman–Crippen LogP) is 1.73. The number of rotatable bonds is 7. The molecule has 5 heteroatoms. The summed E-state index contributed by atoms with van der Waals surface area (Å²) in [7, 11) is 0. The molecule has 1 aromatic carbocycles. The second-order valence-electron chi connectivity index (χ2n) is 5.38. The predicted molar refractivity (Wildman–Crippen MR) is 84.5 cm³/mol. The first-order valence-electron chi connectivity index (χ1n) is 7.86. The molecule has 22 heavy (non-hydrogen) atoms. The van der Waals surface area contributed by atoms with Crippen LogP contribution < -0.4 is 10.1 Å². The van der Waals surface area contributed by atoms with E-state index in [2.05, 4.69) is 11.4 Å². The minimum Gasteiger partial charge on any atom is -0.494 e. The number of amides is 1. The molecular weight excluding hydrogens is 278 g/mol. The van der Waals surface area contributed by atoms with E-state index in [0.29, 0.717) is 19.7 Å². The molecule has 1 aromatic rings. The fraction of sp³-hybridized carbons (Fsp3) is 0.529. The minimum atomic E-state index is -0.236. The Kier molecular flexibility index (Phi) is 6.23. The number of nitrogens with one attached hydrogen (secondary N) is 1. The van der Waals surface area contributed by atoms with Gasteiger partial charge in [0.2, 0.25) is 5.91 Å². The van der Waals surface area contributed by atoms with Crippen LogP contribution in [-0.4, -0.2) is 43.1 Å². The summed E-state index contributed by atoms with van der Waals surface area (Å²) in [6.07, 6.45) is 2.59. The molecule has 1 atom stereocenters. The standard InChI is InChI=1S/C17H23N3O2/c1-2-22-16-7-5-14(6-8-16)9-10-19-13-17(21)20-11-3-4-15(20)12-18/h5-8,15,19H,2-4,9-11,13H2,1H3/t15-/m0/s1. The fourth-order valence-electron chi connectivity index (χ4n) is 2.65. The highest BCUT2D eigenvalue weighted by molar-refractivity contribution is 5.79. The molecule has 1 fully saturated rings. The van der Waals surface area contributed by atoms with Gasteiger partial charge in [-0.25, -0.2) is 0 Å². The van der Waals surface area contributed by atoms with Gasteiger partial charge in [-0.1, -0.05) is 12.1 Å². The van der Waals surface area contributed by atoms with Gasteiger partial charge < -0.3 is 15.0 Å². The molecule has 1 amide bonds. The quantitative estimate of drug-likeness (QED) is 0.779. The van der Waals surface area contributed by atoms with Gasteiger partial charge in [-0.2, -0.15) is 5.26 Å². The van der Waals surface area contributed by atoms with Gasteiger partial charge in [0.25, 0.3) is 0 Å². The number of nitrogens with zero attached hydrogens (tertiary/aromatic N) is 2. The smallest absolute Gasteiger partial charge is 0.237 e. The largest absolute Gasteiger partial charge is 0.494 e. The highest BCUT2D eigenvalue weighted by Gasteiger charge is 2.27. The van der Waals surface area contributed by atoms with E-state index >= 15 is 0 Å². The number of hydrogen-bond donors (Lipinski definition) is 1. The number of carbonyl (C=O) groups is 1. The number of nitriles is 1. The van der Waals surface area contributed by atoms with Crippen molar-refractivity contribution in [1.29, 1.82) is 5.26 Å². The molecule has 2 rings (SSSR count). The van der Waals surface area contributed by atoms with E-state index in [-0.39, 0.29) is 11.9 Å². The summed E-state index contributed by atoms with van der Waals surface area (Å²) in [4.78, 5) is 13.7. The molecular formula is C17H23N3O2. The van der Waals surface area contributed by atoms with E-state index in [1.54, 1.807) is 4.90 Å². The first-order valence-corrected chi connectivity index (χ1v) is 7.86. The van der Waals surface area contributed by atoms with E-state index in [4.69, 9.17) is 10.00 Å². The zero-order valence-corrected chi connectivity index (χ0v) is 13.0. The number of likely N-dealkylation sites (tertiary alicyclic amines) is 1. The van der Waals surface area contributed by atoms with Gasteiger partial charge in [0.05, 0.1) is 19.2 Å². The van der Waals surface area contributed by atoms with E-state index in [1.165, 1.54) is 5.56 Å². The average molecular weight is 301 g/mol. The molecule has 0 spiro atoms. The number of hydrogen-bond acceptors (Lipinski definition) is 4. The Labute approximate surface area is 131 Å². The Morgan fingerprint density at radius 3 is 2.91 bits per heavy atom. The zero-order valence-electron chi connectivity index (χ0n) is 13.0. The van der Waals surface area contributed by atoms with Crippen molar-refractivity contribution in [2.45, 2.75) is 32.2 Å². The van der Waals surface area contributed by atoms with Crippen LogP contribution in [0.2, 0.25) is 0 Å². The molecule has 5 nitrogen and oxygen atoms in total. The maximum atomic E-state index is 12.0. The molecule has 0 unspecified atom stereocenters. The van der Waals surface area contributed by atoms with Crippen LogP contribution in [0.1, 0.15) is 25.3 Å². The lowest BCUT2D eigenvalue weighted by molar-refractivity contribution is -0.130. The van der Waals surface area contributed by atoms with Crippen LogP contribution in [0.15, 0.2) is 24.3 Å². The van der Waals surface area contributed by atoms with Gasteiger partial charge in [-0.15, -0.1) is 0 Å². The van der Waals surface area contributed by atoms with Gasteiger partial charge >= 0.3 is 0 Å². The van der Waals surface area contributed by atoms with Gasteiger partial charge in [0.1, 0.15) is 11.8 Å². The molecule has 0 aromatic heterocycles. The maximum Gasteiger partial charge on any atom is 0.237 e. The van der Waals surface area contributed by atoms with Crippen molar-refractivity contribution < 1.29 is 9.53 Å². The van der Waals surface area contributed by atoms with Crippen molar-refractivity contribution in [3.05, 3.63) is 29.8 Å². The molecule has 118 valence electrons. The van der Waals surface area contributed by atoms with Crippen LogP contribution in [-0.2, 0) is 11.2 Å². The van der Waals surface area contributed by atoms with Crippen molar-refractivity contribution in [2.75, 3.05) is 26.2 Å². The zero-order chi connectivity index (χ0) is 15.8. The Morgan fingerprint density at radius 2 is 2.23 bits per heavy atom. The van der Waals surface area contributed by atoms with Gasteiger partial charge in [-0.05, 0) is 50.4 Å². The summed E-state index contributed by atoms with van der Waals surface area (Å²) < 4.78 is 5.40. The lowest BCUT2D eigenvalue weighted by Crippen LogP contribution is -2.40. The van der Waals surface area contributed by atoms with E-state index in [0.717, 1.165) is 31.6 Å². The lowest BCUT2D eigenvalue weighted by Gasteiger charge is -2.19. The molecule has 1 N–H and O–H groups in total. The second kappa shape index (κ2) is 8.40. The van der Waals surface area contributed by atoms with E-state index in [1.807, 2.05) is 31.2 Å². The molecule has 0 saturated carbocycles. The molecule has 0 bridgehead atoms. The molecule has 1 aliphatic heterocycles. The van der Waals surface area contributed by atoms with Gasteiger partial charge in [0.15, 0.2) is 0 Å². The normalized spacial score (nSPS) is 17.3.